The molecule has 0 bridgehead atoms. The normalized spacial score (nSPS) is 13.7. The molecule has 2 heterocycles. The molecule has 1 aliphatic rings. The molecule has 6 nitrogen and oxygen atoms in total. The van der Waals surface area contributed by atoms with Crippen LogP contribution in [0.4, 0.5) is 11.4 Å². The summed E-state index contributed by atoms with van der Waals surface area (Å²) in [6.45, 7) is 4.74. The second-order valence-electron chi connectivity index (χ2n) is 7.30. The minimum Gasteiger partial charge on any atom is -0.451 e. The number of hydrogen-bond acceptors (Lipinski definition) is 5. The van der Waals surface area contributed by atoms with Gasteiger partial charge in [0, 0.05) is 28.7 Å². The molecule has 9 heteroatoms. The van der Waals surface area contributed by atoms with Crippen LogP contribution in [0.15, 0.2) is 52.9 Å². The molecule has 2 N–H and O–H groups in total. The van der Waals surface area contributed by atoms with Crippen molar-refractivity contribution in [3.63, 3.8) is 0 Å². The van der Waals surface area contributed by atoms with Crippen molar-refractivity contribution >= 4 is 57.8 Å². The van der Waals surface area contributed by atoms with Crippen LogP contribution in [0.1, 0.15) is 16.1 Å². The molecule has 0 aliphatic carbocycles. The maximum atomic E-state index is 12.7. The highest BCUT2D eigenvalue weighted by Crippen LogP contribution is 2.30. The van der Waals surface area contributed by atoms with Crippen molar-refractivity contribution in [1.82, 2.24) is 5.32 Å². The number of morpholine rings is 1. The number of carbonyl (C=O) groups is 1. The summed E-state index contributed by atoms with van der Waals surface area (Å²) >= 11 is 17.7. The first kappa shape index (κ1) is 22.6. The summed E-state index contributed by atoms with van der Waals surface area (Å²) < 4.78 is 11.1. The van der Waals surface area contributed by atoms with E-state index in [2.05, 4.69) is 15.5 Å². The summed E-state index contributed by atoms with van der Waals surface area (Å²) in [6, 6.07) is 14.4. The number of nitrogens with one attached hydrogen (secondary N) is 2. The Hall–Kier alpha value is -2.58. The fourth-order valence-electron chi connectivity index (χ4n) is 3.37. The number of ether oxygens (including phenoxy) is 1. The average molecular weight is 490 g/mol. The van der Waals surface area contributed by atoms with Crippen molar-refractivity contribution in [3.05, 3.63) is 69.9 Å². The molecule has 1 aliphatic heterocycles. The maximum absolute atomic E-state index is 12.7. The van der Waals surface area contributed by atoms with Crippen molar-refractivity contribution in [1.29, 1.82) is 0 Å². The first-order valence-corrected chi connectivity index (χ1v) is 11.2. The number of carbonyl (C=O) groups excluding carboxylic acids is 1. The predicted octanol–water partition coefficient (Wildman–Crippen LogP) is 5.53. The zero-order chi connectivity index (χ0) is 22.7. The fraction of sp³-hybridized carbons (Fsp3) is 0.217. The minimum atomic E-state index is -0.457. The Morgan fingerprint density at radius 2 is 1.84 bits per heavy atom. The number of thiocarbonyl (C=S) groups is 1. The van der Waals surface area contributed by atoms with Gasteiger partial charge in [-0.25, -0.2) is 0 Å². The van der Waals surface area contributed by atoms with Crippen LogP contribution in [0.25, 0.3) is 11.3 Å². The second-order valence-corrected chi connectivity index (χ2v) is 8.55. The SMILES string of the molecule is Cc1ccc(-c2ccc(C(=O)NC(=S)Nc3cc(Cl)ccc3N3CCOCC3)o2)cc1Cl. The van der Waals surface area contributed by atoms with Gasteiger partial charge in [-0.15, -0.1) is 0 Å². The third-order valence-corrected chi connectivity index (χ3v) is 5.92. The third-order valence-electron chi connectivity index (χ3n) is 5.07. The Morgan fingerprint density at radius 1 is 1.06 bits per heavy atom. The molecular formula is C23H21Cl2N3O3S. The predicted molar refractivity (Wildman–Crippen MR) is 132 cm³/mol. The highest BCUT2D eigenvalue weighted by molar-refractivity contribution is 7.80. The lowest BCUT2D eigenvalue weighted by atomic mass is 10.1. The van der Waals surface area contributed by atoms with Crippen molar-refractivity contribution in [3.8, 4) is 11.3 Å². The summed E-state index contributed by atoms with van der Waals surface area (Å²) in [5.74, 6) is 0.225. The number of aryl methyl sites for hydroxylation is 1. The molecule has 0 atom stereocenters. The number of halogens is 2. The van der Waals surface area contributed by atoms with E-state index in [1.807, 2.05) is 31.2 Å². The van der Waals surface area contributed by atoms with Crippen LogP contribution in [0.5, 0.6) is 0 Å². The smallest absolute Gasteiger partial charge is 0.293 e. The largest absolute Gasteiger partial charge is 0.451 e. The Bertz CT molecular complexity index is 1160. The van der Waals surface area contributed by atoms with Gasteiger partial charge in [-0.1, -0.05) is 35.3 Å². The molecule has 0 unspecified atom stereocenters. The van der Waals surface area contributed by atoms with Gasteiger partial charge < -0.3 is 19.4 Å². The molecule has 1 saturated heterocycles. The van der Waals surface area contributed by atoms with E-state index in [0.717, 1.165) is 29.9 Å². The van der Waals surface area contributed by atoms with Crippen molar-refractivity contribution in [2.24, 2.45) is 0 Å². The van der Waals surface area contributed by atoms with Gasteiger partial charge in [0.1, 0.15) is 5.76 Å². The monoisotopic (exact) mass is 489 g/mol. The van der Waals surface area contributed by atoms with Crippen LogP contribution in [-0.4, -0.2) is 37.3 Å². The molecule has 2 aromatic carbocycles. The lowest BCUT2D eigenvalue weighted by Gasteiger charge is -2.30. The first-order valence-electron chi connectivity index (χ1n) is 10.0. The van der Waals surface area contributed by atoms with Gasteiger partial charge in [-0.05, 0) is 61.1 Å². The molecular weight excluding hydrogens is 469 g/mol. The molecule has 32 heavy (non-hydrogen) atoms. The molecule has 166 valence electrons. The summed E-state index contributed by atoms with van der Waals surface area (Å²) in [6.07, 6.45) is 0. The molecule has 0 radical (unpaired) electrons. The highest BCUT2D eigenvalue weighted by Gasteiger charge is 2.18. The maximum Gasteiger partial charge on any atom is 0.293 e. The van der Waals surface area contributed by atoms with Crippen LogP contribution in [-0.2, 0) is 4.74 Å². The number of rotatable bonds is 4. The average Bonchev–Trinajstić information content (AvgIpc) is 3.27. The van der Waals surface area contributed by atoms with Gasteiger partial charge in [0.25, 0.3) is 5.91 Å². The van der Waals surface area contributed by atoms with E-state index in [4.69, 9.17) is 44.6 Å². The number of hydrogen-bond donors (Lipinski definition) is 2. The van der Waals surface area contributed by atoms with Crippen molar-refractivity contribution in [2.45, 2.75) is 6.92 Å². The zero-order valence-corrected chi connectivity index (χ0v) is 19.6. The summed E-state index contributed by atoms with van der Waals surface area (Å²) in [7, 11) is 0. The third kappa shape index (κ3) is 5.24. The van der Waals surface area contributed by atoms with Crippen LogP contribution < -0.4 is 15.5 Å². The molecule has 3 aromatic rings. The molecule has 1 fully saturated rings. The van der Waals surface area contributed by atoms with Gasteiger partial charge >= 0.3 is 0 Å². The molecule has 1 aromatic heterocycles. The Morgan fingerprint density at radius 3 is 2.59 bits per heavy atom. The number of benzene rings is 2. The van der Waals surface area contributed by atoms with Gasteiger partial charge in [-0.3, -0.25) is 10.1 Å². The Labute approximate surface area is 201 Å². The van der Waals surface area contributed by atoms with E-state index in [9.17, 15) is 4.79 Å². The van der Waals surface area contributed by atoms with E-state index in [1.54, 1.807) is 24.3 Å². The van der Waals surface area contributed by atoms with Crippen LogP contribution in [0.2, 0.25) is 10.0 Å². The number of nitrogens with zero attached hydrogens (tertiary/aromatic N) is 1. The standard InChI is InChI=1S/C23H21Cl2N3O3S/c1-14-2-3-15(12-17(14)25)20-6-7-21(31-20)22(29)27-23(32)26-18-13-16(24)4-5-19(18)28-8-10-30-11-9-28/h2-7,12-13H,8-11H2,1H3,(H2,26,27,29,32). The van der Waals surface area contributed by atoms with Gasteiger partial charge in [0.15, 0.2) is 10.9 Å². The molecule has 0 saturated carbocycles. The highest BCUT2D eigenvalue weighted by atomic mass is 35.5. The van der Waals surface area contributed by atoms with Crippen LogP contribution >= 0.6 is 35.4 Å². The van der Waals surface area contributed by atoms with E-state index in [1.165, 1.54) is 0 Å². The zero-order valence-electron chi connectivity index (χ0n) is 17.3. The van der Waals surface area contributed by atoms with Crippen molar-refractivity contribution < 1.29 is 13.9 Å². The number of furan rings is 1. The fourth-order valence-corrected chi connectivity index (χ4v) is 3.92. The van der Waals surface area contributed by atoms with E-state index >= 15 is 0 Å². The number of amides is 1. The molecule has 1 amide bonds. The van der Waals surface area contributed by atoms with Gasteiger partial charge in [0.2, 0.25) is 0 Å². The van der Waals surface area contributed by atoms with E-state index in [0.29, 0.717) is 34.7 Å². The lowest BCUT2D eigenvalue weighted by Crippen LogP contribution is -2.38. The number of anilines is 2. The second kappa shape index (κ2) is 9.92. The van der Waals surface area contributed by atoms with Gasteiger partial charge in [0.05, 0.1) is 24.6 Å². The summed E-state index contributed by atoms with van der Waals surface area (Å²) in [5.41, 5.74) is 3.40. The summed E-state index contributed by atoms with van der Waals surface area (Å²) in [5, 5.41) is 7.07. The van der Waals surface area contributed by atoms with Crippen LogP contribution in [0.3, 0.4) is 0 Å². The van der Waals surface area contributed by atoms with E-state index < -0.39 is 5.91 Å². The van der Waals surface area contributed by atoms with E-state index in [-0.39, 0.29) is 10.9 Å². The molecule has 4 rings (SSSR count). The minimum absolute atomic E-state index is 0.139. The topological polar surface area (TPSA) is 66.7 Å². The first-order chi connectivity index (χ1) is 15.4. The summed E-state index contributed by atoms with van der Waals surface area (Å²) in [4.78, 5) is 14.8. The van der Waals surface area contributed by atoms with Crippen molar-refractivity contribution in [2.75, 3.05) is 36.5 Å². The Balaban J connectivity index is 1.45. The molecule has 0 spiro atoms. The van der Waals surface area contributed by atoms with Gasteiger partial charge in [-0.2, -0.15) is 0 Å². The quantitative estimate of drug-likeness (QED) is 0.470. The Kier molecular flexibility index (Phi) is 7.01. The lowest BCUT2D eigenvalue weighted by molar-refractivity contribution is 0.0951. The van der Waals surface area contributed by atoms with Crippen LogP contribution in [0, 0.1) is 6.92 Å².